The third-order valence-corrected chi connectivity index (χ3v) is 5.54. The molecule has 1 heterocycles. The maximum atomic E-state index is 9.61. The summed E-state index contributed by atoms with van der Waals surface area (Å²) in [5, 5.41) is 18.0. The summed E-state index contributed by atoms with van der Waals surface area (Å²) in [4.78, 5) is 2.41. The second kappa shape index (κ2) is 7.37. The highest BCUT2D eigenvalue weighted by Crippen LogP contribution is 2.40. The second-order valence-corrected chi connectivity index (χ2v) is 6.67. The van der Waals surface area contributed by atoms with Gasteiger partial charge >= 0.3 is 0 Å². The number of hydrogen-bond donors (Lipinski definition) is 0. The minimum Gasteiger partial charge on any atom is -0.299 e. The highest BCUT2D eigenvalue weighted by molar-refractivity contribution is 7.39. The van der Waals surface area contributed by atoms with E-state index in [4.69, 9.17) is 5.26 Å². The van der Waals surface area contributed by atoms with Gasteiger partial charge < -0.3 is 0 Å². The summed E-state index contributed by atoms with van der Waals surface area (Å²) in [6, 6.07) is 15.1. The van der Waals surface area contributed by atoms with Crippen LogP contribution in [0.1, 0.15) is 24.8 Å². The van der Waals surface area contributed by atoms with Crippen LogP contribution in [-0.4, -0.2) is 29.4 Å². The van der Waals surface area contributed by atoms with E-state index in [1.807, 2.05) is 6.07 Å². The lowest BCUT2D eigenvalue weighted by Gasteiger charge is -2.28. The van der Waals surface area contributed by atoms with Crippen LogP contribution in [0.2, 0.25) is 0 Å². The third kappa shape index (κ3) is 3.70. The van der Waals surface area contributed by atoms with Gasteiger partial charge in [-0.2, -0.15) is 10.5 Å². The third-order valence-electron chi connectivity index (χ3n) is 4.29. The Bertz CT molecular complexity index is 558. The topological polar surface area (TPSA) is 50.8 Å². The molecule has 0 aromatic heterocycles. The fourth-order valence-electron chi connectivity index (χ4n) is 3.05. The minimum absolute atomic E-state index is 0.318. The lowest BCUT2D eigenvalue weighted by atomic mass is 9.88. The molecular weight excluding hydrogens is 277 g/mol. The van der Waals surface area contributed by atoms with Gasteiger partial charge in [-0.15, -0.1) is 0 Å². The molecule has 0 spiro atoms. The molecule has 1 aromatic rings. The average molecular weight is 297 g/mol. The van der Waals surface area contributed by atoms with Crippen molar-refractivity contribution in [3.63, 3.8) is 0 Å². The Kier molecular flexibility index (Phi) is 5.51. The smallest absolute Gasteiger partial charge is 0.103 e. The standard InChI is InChI=1S/C17H20N3P/c1-21-17(14-19,9-5-10-18)16-8-11-20(13-16)12-15-6-3-2-4-7-15/h2-4,6-7,16H,1,5,8-9,11-13H2. The van der Waals surface area contributed by atoms with Crippen LogP contribution in [0.15, 0.2) is 30.3 Å². The normalized spacial score (nSPS) is 21.5. The van der Waals surface area contributed by atoms with E-state index < -0.39 is 5.16 Å². The van der Waals surface area contributed by atoms with Crippen LogP contribution in [0.5, 0.6) is 0 Å². The predicted octanol–water partition coefficient (Wildman–Crippen LogP) is 3.45. The summed E-state index contributed by atoms with van der Waals surface area (Å²) >= 11 is 0. The van der Waals surface area contributed by atoms with Gasteiger partial charge in [0.2, 0.25) is 0 Å². The molecule has 2 atom stereocenters. The molecule has 2 rings (SSSR count). The highest BCUT2D eigenvalue weighted by Gasteiger charge is 2.40. The van der Waals surface area contributed by atoms with E-state index in [9.17, 15) is 5.26 Å². The summed E-state index contributed by atoms with van der Waals surface area (Å²) in [6.07, 6.45) is 6.05. The molecular formula is C17H20N3P. The van der Waals surface area contributed by atoms with E-state index in [1.54, 1.807) is 0 Å². The fraction of sp³-hybridized carbons (Fsp3) is 0.471. The van der Waals surface area contributed by atoms with Crippen molar-refractivity contribution in [3.05, 3.63) is 35.9 Å². The SMILES string of the molecule is C=PC(C#N)(CCC#N)C1CCN(Cc2ccccc2)C1. The van der Waals surface area contributed by atoms with Crippen LogP contribution in [0, 0.1) is 28.6 Å². The first kappa shape index (κ1) is 15.7. The molecule has 2 unspecified atom stereocenters. The Labute approximate surface area is 128 Å². The molecule has 0 N–H and O–H groups in total. The molecule has 1 aliphatic rings. The molecule has 108 valence electrons. The maximum Gasteiger partial charge on any atom is 0.103 e. The molecule has 1 aromatic carbocycles. The molecule has 0 saturated carbocycles. The zero-order valence-electron chi connectivity index (χ0n) is 12.2. The highest BCUT2D eigenvalue weighted by atomic mass is 31.1. The van der Waals surface area contributed by atoms with Crippen LogP contribution < -0.4 is 0 Å². The second-order valence-electron chi connectivity index (χ2n) is 5.56. The van der Waals surface area contributed by atoms with Crippen LogP contribution in [0.25, 0.3) is 0 Å². The Morgan fingerprint density at radius 3 is 2.71 bits per heavy atom. The number of nitrogens with zero attached hydrogens (tertiary/aromatic N) is 3. The van der Waals surface area contributed by atoms with Crippen LogP contribution in [0.4, 0.5) is 0 Å². The Balaban J connectivity index is 2.01. The van der Waals surface area contributed by atoms with Crippen molar-refractivity contribution >= 4 is 14.5 Å². The van der Waals surface area contributed by atoms with E-state index in [0.717, 1.165) is 34.3 Å². The molecule has 1 fully saturated rings. The predicted molar refractivity (Wildman–Crippen MR) is 87.1 cm³/mol. The lowest BCUT2D eigenvalue weighted by Crippen LogP contribution is -2.33. The van der Waals surface area contributed by atoms with E-state index in [2.05, 4.69) is 47.6 Å². The van der Waals surface area contributed by atoms with Gasteiger partial charge in [0.05, 0.1) is 12.1 Å². The molecule has 3 nitrogen and oxygen atoms in total. The van der Waals surface area contributed by atoms with E-state index in [1.165, 1.54) is 5.56 Å². The molecule has 21 heavy (non-hydrogen) atoms. The average Bonchev–Trinajstić information content (AvgIpc) is 2.99. The quantitative estimate of drug-likeness (QED) is 0.756. The summed E-state index contributed by atoms with van der Waals surface area (Å²) in [5.74, 6) is 0.318. The Hall–Kier alpha value is -1.67. The largest absolute Gasteiger partial charge is 0.299 e. The van der Waals surface area contributed by atoms with Crippen molar-refractivity contribution < 1.29 is 0 Å². The van der Waals surface area contributed by atoms with Crippen LogP contribution in [0.3, 0.4) is 0 Å². The first-order valence-electron chi connectivity index (χ1n) is 7.26. The summed E-state index contributed by atoms with van der Waals surface area (Å²) in [7, 11) is 0.853. The van der Waals surface area contributed by atoms with Gasteiger partial charge in [-0.05, 0) is 30.9 Å². The number of nitriles is 2. The number of benzene rings is 1. The fourth-order valence-corrected chi connectivity index (χ4v) is 3.86. The Morgan fingerprint density at radius 2 is 2.10 bits per heavy atom. The van der Waals surface area contributed by atoms with Gasteiger partial charge in [0.1, 0.15) is 5.16 Å². The van der Waals surface area contributed by atoms with Crippen molar-refractivity contribution in [2.24, 2.45) is 5.92 Å². The first-order chi connectivity index (χ1) is 10.2. The first-order valence-corrected chi connectivity index (χ1v) is 8.34. The van der Waals surface area contributed by atoms with E-state index >= 15 is 0 Å². The van der Waals surface area contributed by atoms with E-state index in [-0.39, 0.29) is 0 Å². The van der Waals surface area contributed by atoms with Gasteiger partial charge in [-0.3, -0.25) is 4.90 Å². The zero-order valence-corrected chi connectivity index (χ0v) is 13.1. The molecule has 0 aliphatic carbocycles. The van der Waals surface area contributed by atoms with Crippen molar-refractivity contribution in [2.75, 3.05) is 13.1 Å². The number of rotatable bonds is 6. The molecule has 0 amide bonds. The molecule has 0 bridgehead atoms. The monoisotopic (exact) mass is 297 g/mol. The zero-order chi connectivity index (χ0) is 15.1. The van der Waals surface area contributed by atoms with Crippen LogP contribution in [-0.2, 0) is 6.54 Å². The van der Waals surface area contributed by atoms with Crippen molar-refractivity contribution in [3.8, 4) is 12.1 Å². The molecule has 1 aliphatic heterocycles. The molecule has 4 heteroatoms. The van der Waals surface area contributed by atoms with Gasteiger partial charge in [-0.1, -0.05) is 44.8 Å². The number of hydrogen-bond acceptors (Lipinski definition) is 3. The summed E-state index contributed by atoms with van der Waals surface area (Å²) in [5.41, 5.74) is 1.31. The van der Waals surface area contributed by atoms with Gasteiger partial charge in [0.25, 0.3) is 0 Å². The lowest BCUT2D eigenvalue weighted by molar-refractivity contribution is 0.305. The van der Waals surface area contributed by atoms with Crippen LogP contribution >= 0.6 is 8.20 Å². The van der Waals surface area contributed by atoms with Gasteiger partial charge in [-0.25, -0.2) is 0 Å². The summed E-state index contributed by atoms with van der Waals surface area (Å²) in [6.45, 7) is 2.88. The maximum absolute atomic E-state index is 9.61. The Morgan fingerprint density at radius 1 is 1.33 bits per heavy atom. The van der Waals surface area contributed by atoms with Crippen molar-refractivity contribution in [2.45, 2.75) is 31.0 Å². The van der Waals surface area contributed by atoms with Gasteiger partial charge in [0, 0.05) is 19.5 Å². The summed E-state index contributed by atoms with van der Waals surface area (Å²) < 4.78 is 0. The van der Waals surface area contributed by atoms with E-state index in [0.29, 0.717) is 18.8 Å². The number of likely N-dealkylation sites (tertiary alicyclic amines) is 1. The van der Waals surface area contributed by atoms with Crippen molar-refractivity contribution in [1.82, 2.24) is 4.90 Å². The minimum atomic E-state index is -0.457. The molecule has 1 saturated heterocycles. The molecule has 0 radical (unpaired) electrons. The van der Waals surface area contributed by atoms with Gasteiger partial charge in [0.15, 0.2) is 0 Å². The van der Waals surface area contributed by atoms with Crippen molar-refractivity contribution in [1.29, 1.82) is 10.5 Å².